The number of allylic oxidation sites excluding steroid dienone is 5. The largest absolute Gasteiger partial charge is 0.103 e. The molecule has 0 heteroatoms. The summed E-state index contributed by atoms with van der Waals surface area (Å²) in [7, 11) is 0. The second kappa shape index (κ2) is 20.3. The molecule has 0 heterocycles. The Morgan fingerprint density at radius 3 is 1.21 bits per heavy atom. The van der Waals surface area contributed by atoms with Gasteiger partial charge in [0, 0.05) is 0 Å². The molecule has 0 saturated heterocycles. The Balaban J connectivity index is -0.000000276. The highest BCUT2D eigenvalue weighted by atomic mass is 14.2. The summed E-state index contributed by atoms with van der Waals surface area (Å²) < 4.78 is 0. The van der Waals surface area contributed by atoms with Gasteiger partial charge in [-0.05, 0) is 42.9 Å². The Morgan fingerprint density at radius 2 is 1.08 bits per heavy atom. The van der Waals surface area contributed by atoms with Crippen molar-refractivity contribution < 1.29 is 0 Å². The molecule has 0 amide bonds. The van der Waals surface area contributed by atoms with Crippen LogP contribution in [0.15, 0.2) is 37.0 Å². The smallest absolute Gasteiger partial charge is 0.0154 e. The maximum atomic E-state index is 3.77. The molecule has 0 bridgehead atoms. The van der Waals surface area contributed by atoms with E-state index in [0.29, 0.717) is 5.41 Å². The molecule has 0 saturated carbocycles. The van der Waals surface area contributed by atoms with Crippen LogP contribution in [-0.4, -0.2) is 0 Å². The number of hydrogen-bond donors (Lipinski definition) is 0. The lowest BCUT2D eigenvalue weighted by molar-refractivity contribution is 0.397. The Morgan fingerprint density at radius 1 is 0.750 bits per heavy atom. The quantitative estimate of drug-likeness (QED) is 0.368. The number of rotatable bonds is 9. The van der Waals surface area contributed by atoms with Crippen LogP contribution in [0.3, 0.4) is 0 Å². The molecule has 144 valence electrons. The molecule has 0 fully saturated rings. The SMILES string of the molecule is C=CC(C)(CC)CC.CC/C=C/C(C)CC.CC/C=C\C(C)CC. The summed E-state index contributed by atoms with van der Waals surface area (Å²) in [6, 6.07) is 0. The predicted molar refractivity (Wildman–Crippen MR) is 117 cm³/mol. The molecule has 0 aromatic rings. The Hall–Kier alpha value is -0.780. The van der Waals surface area contributed by atoms with Crippen molar-refractivity contribution >= 4 is 0 Å². The summed E-state index contributed by atoms with van der Waals surface area (Å²) in [5.41, 5.74) is 0.389. The molecule has 0 spiro atoms. The van der Waals surface area contributed by atoms with Crippen LogP contribution in [0.1, 0.15) is 101 Å². The van der Waals surface area contributed by atoms with Gasteiger partial charge >= 0.3 is 0 Å². The van der Waals surface area contributed by atoms with E-state index in [1.54, 1.807) is 0 Å². The van der Waals surface area contributed by atoms with Crippen molar-refractivity contribution in [3.8, 4) is 0 Å². The fourth-order valence-electron chi connectivity index (χ4n) is 1.55. The lowest BCUT2D eigenvalue weighted by Gasteiger charge is -2.20. The zero-order valence-electron chi connectivity index (χ0n) is 18.5. The lowest BCUT2D eigenvalue weighted by atomic mass is 9.85. The molecule has 2 unspecified atom stereocenters. The van der Waals surface area contributed by atoms with E-state index in [4.69, 9.17) is 0 Å². The van der Waals surface area contributed by atoms with E-state index < -0.39 is 0 Å². The van der Waals surface area contributed by atoms with Crippen LogP contribution in [-0.2, 0) is 0 Å². The van der Waals surface area contributed by atoms with Gasteiger partial charge in [-0.15, -0.1) is 6.58 Å². The average Bonchev–Trinajstić information content (AvgIpc) is 2.64. The van der Waals surface area contributed by atoms with Crippen molar-refractivity contribution in [2.75, 3.05) is 0 Å². The minimum Gasteiger partial charge on any atom is -0.103 e. The third kappa shape index (κ3) is 21.2. The van der Waals surface area contributed by atoms with E-state index in [0.717, 1.165) is 11.8 Å². The minimum atomic E-state index is 0.389. The highest BCUT2D eigenvalue weighted by Crippen LogP contribution is 2.25. The minimum absolute atomic E-state index is 0.389. The van der Waals surface area contributed by atoms with Crippen molar-refractivity contribution in [2.45, 2.75) is 101 Å². The van der Waals surface area contributed by atoms with E-state index >= 15 is 0 Å². The van der Waals surface area contributed by atoms with Crippen LogP contribution < -0.4 is 0 Å². The molecule has 0 aliphatic carbocycles. The van der Waals surface area contributed by atoms with Gasteiger partial charge in [0.15, 0.2) is 0 Å². The molecular weight excluding hydrogens is 288 g/mol. The fourth-order valence-corrected chi connectivity index (χ4v) is 1.55. The zero-order valence-corrected chi connectivity index (χ0v) is 18.5. The predicted octanol–water partition coefficient (Wildman–Crippen LogP) is 9.00. The molecule has 0 aromatic heterocycles. The Labute approximate surface area is 155 Å². The first kappa shape index (κ1) is 28.0. The first-order valence-electron chi connectivity index (χ1n) is 10.3. The molecule has 0 N–H and O–H groups in total. The molecule has 0 rings (SSSR count). The Kier molecular flexibility index (Phi) is 23.7. The summed E-state index contributed by atoms with van der Waals surface area (Å²) in [6.07, 6.45) is 18.3. The van der Waals surface area contributed by atoms with Crippen molar-refractivity contribution in [3.63, 3.8) is 0 Å². The maximum Gasteiger partial charge on any atom is -0.0154 e. The van der Waals surface area contributed by atoms with Crippen LogP contribution in [0.25, 0.3) is 0 Å². The highest BCUT2D eigenvalue weighted by Gasteiger charge is 2.12. The van der Waals surface area contributed by atoms with Gasteiger partial charge in [-0.3, -0.25) is 0 Å². The van der Waals surface area contributed by atoms with Gasteiger partial charge in [-0.2, -0.15) is 0 Å². The Bertz CT molecular complexity index is 271. The van der Waals surface area contributed by atoms with Gasteiger partial charge in [0.2, 0.25) is 0 Å². The van der Waals surface area contributed by atoms with Crippen LogP contribution in [0, 0.1) is 17.3 Å². The van der Waals surface area contributed by atoms with Crippen molar-refractivity contribution in [2.24, 2.45) is 17.3 Å². The highest BCUT2D eigenvalue weighted by molar-refractivity contribution is 4.88. The van der Waals surface area contributed by atoms with Gasteiger partial charge in [-0.25, -0.2) is 0 Å². The zero-order chi connectivity index (χ0) is 19.4. The van der Waals surface area contributed by atoms with Crippen LogP contribution >= 0.6 is 0 Å². The van der Waals surface area contributed by atoms with Crippen molar-refractivity contribution in [1.29, 1.82) is 0 Å². The molecule has 0 aliphatic rings. The van der Waals surface area contributed by atoms with Gasteiger partial charge in [0.25, 0.3) is 0 Å². The standard InChI is InChI=1S/3C8H16/c1-5-8(4,6-2)7-3;2*1-4-6-7-8(3)5-2/h5H,1,6-7H2,2-4H3;2*6-8H,4-5H2,1-3H3/b;7-6+;7-6-. The van der Waals surface area contributed by atoms with Gasteiger partial charge in [-0.1, -0.05) is 106 Å². The average molecular weight is 337 g/mol. The third-order valence-electron chi connectivity index (χ3n) is 4.80. The summed E-state index contributed by atoms with van der Waals surface area (Å²) in [5.74, 6) is 1.55. The molecule has 0 aromatic carbocycles. The van der Waals surface area contributed by atoms with E-state index in [1.807, 2.05) is 6.08 Å². The maximum absolute atomic E-state index is 3.77. The summed E-state index contributed by atoms with van der Waals surface area (Å²) in [6.45, 7) is 23.7. The van der Waals surface area contributed by atoms with Crippen molar-refractivity contribution in [1.82, 2.24) is 0 Å². The van der Waals surface area contributed by atoms with Crippen molar-refractivity contribution in [3.05, 3.63) is 37.0 Å². The van der Waals surface area contributed by atoms with Crippen LogP contribution in [0.2, 0.25) is 0 Å². The van der Waals surface area contributed by atoms with Crippen LogP contribution in [0.5, 0.6) is 0 Å². The normalized spacial score (nSPS) is 13.7. The number of hydrogen-bond acceptors (Lipinski definition) is 0. The van der Waals surface area contributed by atoms with Gasteiger partial charge < -0.3 is 0 Å². The monoisotopic (exact) mass is 336 g/mol. The fraction of sp³-hybridized carbons (Fsp3) is 0.750. The lowest BCUT2D eigenvalue weighted by Crippen LogP contribution is -2.08. The summed E-state index contributed by atoms with van der Waals surface area (Å²) in [4.78, 5) is 0. The van der Waals surface area contributed by atoms with E-state index in [2.05, 4.69) is 93.2 Å². The first-order chi connectivity index (χ1) is 11.3. The molecule has 24 heavy (non-hydrogen) atoms. The van der Waals surface area contributed by atoms with E-state index in [1.165, 1.54) is 38.5 Å². The topological polar surface area (TPSA) is 0 Å². The molecule has 0 aliphatic heterocycles. The van der Waals surface area contributed by atoms with E-state index in [-0.39, 0.29) is 0 Å². The molecule has 2 atom stereocenters. The summed E-state index contributed by atoms with van der Waals surface area (Å²) >= 11 is 0. The van der Waals surface area contributed by atoms with Crippen LogP contribution in [0.4, 0.5) is 0 Å². The molecular formula is C24H48. The van der Waals surface area contributed by atoms with E-state index in [9.17, 15) is 0 Å². The summed E-state index contributed by atoms with van der Waals surface area (Å²) in [5, 5.41) is 0. The molecule has 0 radical (unpaired) electrons. The first-order valence-corrected chi connectivity index (χ1v) is 10.3. The third-order valence-corrected chi connectivity index (χ3v) is 4.80. The van der Waals surface area contributed by atoms with Gasteiger partial charge in [0.1, 0.15) is 0 Å². The van der Waals surface area contributed by atoms with Gasteiger partial charge in [0.05, 0.1) is 0 Å². The molecule has 0 nitrogen and oxygen atoms in total. The second-order valence-corrected chi connectivity index (χ2v) is 7.01. The second-order valence-electron chi connectivity index (χ2n) is 7.01.